The number of hydrazine groups is 1. The summed E-state index contributed by atoms with van der Waals surface area (Å²) in [4.78, 5) is 13.2. The Labute approximate surface area is 91.9 Å². The quantitative estimate of drug-likeness (QED) is 0.361. The van der Waals surface area contributed by atoms with Gasteiger partial charge in [0.2, 0.25) is 5.91 Å². The number of nitrogens with one attached hydrogen (secondary N) is 1. The number of carbonyl (C=O) groups excluding carboxylic acids is 1. The second kappa shape index (κ2) is 7.62. The highest BCUT2D eigenvalue weighted by atomic mass is 16.5. The molecule has 0 saturated carbocycles. The second-order valence-electron chi connectivity index (χ2n) is 3.93. The molecule has 15 heavy (non-hydrogen) atoms. The van der Waals surface area contributed by atoms with Crippen LogP contribution in [0, 0.1) is 0 Å². The van der Waals surface area contributed by atoms with E-state index in [-0.39, 0.29) is 5.91 Å². The van der Waals surface area contributed by atoms with Crippen LogP contribution >= 0.6 is 0 Å². The maximum Gasteiger partial charge on any atom is 0.233 e. The van der Waals surface area contributed by atoms with E-state index in [0.29, 0.717) is 25.1 Å². The van der Waals surface area contributed by atoms with E-state index in [1.165, 1.54) is 0 Å². The fraction of sp³-hybridized carbons (Fsp3) is 0.900. The van der Waals surface area contributed by atoms with Crippen molar-refractivity contribution >= 4 is 5.91 Å². The Hall–Kier alpha value is -0.650. The van der Waals surface area contributed by atoms with E-state index < -0.39 is 0 Å². The minimum atomic E-state index is -0.116. The number of nitrogens with two attached hydrogens (primary N) is 1. The summed E-state index contributed by atoms with van der Waals surface area (Å²) in [6, 6.07) is 0.693. The standard InChI is InChI=1S/C10H23N3O2/c1-8(5-6-10(14)12-11)13(3)9(2)7-15-4/h8-9H,5-7,11H2,1-4H3,(H,12,14). The number of methoxy groups -OCH3 is 1. The Balaban J connectivity index is 3.87. The first-order valence-corrected chi connectivity index (χ1v) is 5.23. The van der Waals surface area contributed by atoms with Crippen LogP contribution in [-0.4, -0.2) is 43.7 Å². The zero-order chi connectivity index (χ0) is 11.8. The van der Waals surface area contributed by atoms with E-state index in [4.69, 9.17) is 10.6 Å². The van der Waals surface area contributed by atoms with E-state index >= 15 is 0 Å². The monoisotopic (exact) mass is 217 g/mol. The Bertz CT molecular complexity index is 188. The maximum atomic E-state index is 11.0. The topological polar surface area (TPSA) is 67.6 Å². The predicted octanol–water partition coefficient (Wildman–Crippen LogP) is 0.112. The van der Waals surface area contributed by atoms with Gasteiger partial charge in [-0.05, 0) is 27.3 Å². The first-order valence-electron chi connectivity index (χ1n) is 5.23. The third-order valence-electron chi connectivity index (χ3n) is 2.75. The largest absolute Gasteiger partial charge is 0.383 e. The maximum absolute atomic E-state index is 11.0. The molecule has 0 aromatic heterocycles. The molecule has 0 aliphatic heterocycles. The molecule has 0 aromatic rings. The Morgan fingerprint density at radius 3 is 2.53 bits per heavy atom. The summed E-state index contributed by atoms with van der Waals surface area (Å²) in [6.45, 7) is 4.89. The number of ether oxygens (including phenoxy) is 1. The third kappa shape index (κ3) is 5.71. The summed E-state index contributed by atoms with van der Waals surface area (Å²) >= 11 is 0. The number of likely N-dealkylation sites (N-methyl/N-ethyl adjacent to an activating group) is 1. The van der Waals surface area contributed by atoms with E-state index in [1.807, 2.05) is 7.05 Å². The Kier molecular flexibility index (Phi) is 7.29. The highest BCUT2D eigenvalue weighted by Crippen LogP contribution is 2.08. The van der Waals surface area contributed by atoms with Crippen LogP contribution in [0.2, 0.25) is 0 Å². The van der Waals surface area contributed by atoms with Gasteiger partial charge in [-0.1, -0.05) is 0 Å². The lowest BCUT2D eigenvalue weighted by Gasteiger charge is -2.30. The van der Waals surface area contributed by atoms with E-state index in [2.05, 4.69) is 24.2 Å². The molecule has 0 heterocycles. The lowest BCUT2D eigenvalue weighted by Crippen LogP contribution is -2.40. The SMILES string of the molecule is COCC(C)N(C)C(C)CCC(=O)NN. The third-order valence-corrected chi connectivity index (χ3v) is 2.75. The van der Waals surface area contributed by atoms with Crippen LogP contribution in [0.25, 0.3) is 0 Å². The molecule has 0 aliphatic carbocycles. The van der Waals surface area contributed by atoms with E-state index in [1.54, 1.807) is 7.11 Å². The zero-order valence-electron chi connectivity index (χ0n) is 10.1. The van der Waals surface area contributed by atoms with Crippen LogP contribution in [0.5, 0.6) is 0 Å². The molecule has 2 atom stereocenters. The van der Waals surface area contributed by atoms with Crippen molar-refractivity contribution in [3.63, 3.8) is 0 Å². The van der Waals surface area contributed by atoms with Gasteiger partial charge >= 0.3 is 0 Å². The smallest absolute Gasteiger partial charge is 0.233 e. The number of rotatable bonds is 7. The van der Waals surface area contributed by atoms with Gasteiger partial charge in [0.25, 0.3) is 0 Å². The van der Waals surface area contributed by atoms with Gasteiger partial charge in [0.1, 0.15) is 0 Å². The molecule has 0 fully saturated rings. The molecule has 1 amide bonds. The lowest BCUT2D eigenvalue weighted by molar-refractivity contribution is -0.121. The van der Waals surface area contributed by atoms with Crippen molar-refractivity contribution in [3.05, 3.63) is 0 Å². The highest BCUT2D eigenvalue weighted by molar-refractivity contribution is 5.75. The molecular formula is C10H23N3O2. The summed E-state index contributed by atoms with van der Waals surface area (Å²) in [5.74, 6) is 4.89. The van der Waals surface area contributed by atoms with Crippen LogP contribution in [0.3, 0.4) is 0 Å². The number of amides is 1. The molecule has 0 radical (unpaired) electrons. The van der Waals surface area contributed by atoms with Crippen molar-refractivity contribution in [1.82, 2.24) is 10.3 Å². The number of hydrogen-bond acceptors (Lipinski definition) is 4. The molecule has 0 bridgehead atoms. The van der Waals surface area contributed by atoms with Crippen molar-refractivity contribution in [2.24, 2.45) is 5.84 Å². The molecule has 2 unspecified atom stereocenters. The fourth-order valence-corrected chi connectivity index (χ4v) is 1.41. The van der Waals surface area contributed by atoms with Gasteiger partial charge in [-0.25, -0.2) is 5.84 Å². The number of nitrogens with zero attached hydrogens (tertiary/aromatic N) is 1. The zero-order valence-corrected chi connectivity index (χ0v) is 10.1. The molecule has 3 N–H and O–H groups in total. The van der Waals surface area contributed by atoms with Crippen molar-refractivity contribution in [3.8, 4) is 0 Å². The van der Waals surface area contributed by atoms with E-state index in [9.17, 15) is 4.79 Å². The van der Waals surface area contributed by atoms with Crippen LogP contribution < -0.4 is 11.3 Å². The molecule has 0 saturated heterocycles. The molecular weight excluding hydrogens is 194 g/mol. The number of carbonyl (C=O) groups is 1. The van der Waals surface area contributed by atoms with Gasteiger partial charge < -0.3 is 4.74 Å². The highest BCUT2D eigenvalue weighted by Gasteiger charge is 2.16. The van der Waals surface area contributed by atoms with Gasteiger partial charge in [0, 0.05) is 25.6 Å². The molecule has 0 spiro atoms. The van der Waals surface area contributed by atoms with Gasteiger partial charge in [-0.3, -0.25) is 15.1 Å². The molecule has 90 valence electrons. The van der Waals surface area contributed by atoms with Crippen LogP contribution in [-0.2, 0) is 9.53 Å². The van der Waals surface area contributed by atoms with Crippen molar-refractivity contribution in [2.75, 3.05) is 20.8 Å². The summed E-state index contributed by atoms with van der Waals surface area (Å²) in [7, 11) is 3.73. The molecule has 5 nitrogen and oxygen atoms in total. The summed E-state index contributed by atoms with van der Waals surface area (Å²) in [5.41, 5.74) is 2.13. The van der Waals surface area contributed by atoms with Gasteiger partial charge in [-0.2, -0.15) is 0 Å². The van der Waals surface area contributed by atoms with Crippen molar-refractivity contribution in [2.45, 2.75) is 38.8 Å². The summed E-state index contributed by atoms with van der Waals surface area (Å²) in [5, 5.41) is 0. The fourth-order valence-electron chi connectivity index (χ4n) is 1.41. The Morgan fingerprint density at radius 1 is 1.47 bits per heavy atom. The molecule has 0 aromatic carbocycles. The minimum absolute atomic E-state index is 0.116. The average Bonchev–Trinajstić information content (AvgIpc) is 2.24. The van der Waals surface area contributed by atoms with Crippen LogP contribution in [0.1, 0.15) is 26.7 Å². The summed E-state index contributed by atoms with van der Waals surface area (Å²) in [6.07, 6.45) is 1.26. The molecule has 5 heteroatoms. The average molecular weight is 217 g/mol. The first kappa shape index (κ1) is 14.3. The summed E-state index contributed by atoms with van der Waals surface area (Å²) < 4.78 is 5.08. The van der Waals surface area contributed by atoms with Crippen LogP contribution in [0.4, 0.5) is 0 Å². The van der Waals surface area contributed by atoms with E-state index in [0.717, 1.165) is 6.42 Å². The lowest BCUT2D eigenvalue weighted by atomic mass is 10.1. The second-order valence-corrected chi connectivity index (χ2v) is 3.93. The molecule has 0 rings (SSSR count). The predicted molar refractivity (Wildman–Crippen MR) is 60.1 cm³/mol. The Morgan fingerprint density at radius 2 is 2.07 bits per heavy atom. The van der Waals surface area contributed by atoms with Gasteiger partial charge in [0.05, 0.1) is 6.61 Å². The van der Waals surface area contributed by atoms with Crippen LogP contribution in [0.15, 0.2) is 0 Å². The van der Waals surface area contributed by atoms with Crippen molar-refractivity contribution < 1.29 is 9.53 Å². The van der Waals surface area contributed by atoms with Gasteiger partial charge in [0.15, 0.2) is 0 Å². The molecule has 0 aliphatic rings. The van der Waals surface area contributed by atoms with Gasteiger partial charge in [-0.15, -0.1) is 0 Å². The van der Waals surface area contributed by atoms with Crippen molar-refractivity contribution in [1.29, 1.82) is 0 Å². The normalized spacial score (nSPS) is 15.1. The first-order chi connectivity index (χ1) is 7.02. The minimum Gasteiger partial charge on any atom is -0.383 e. The number of hydrogen-bond donors (Lipinski definition) is 2.